The molecule has 1 heterocycles. The van der Waals surface area contributed by atoms with Crippen LogP contribution in [0.4, 0.5) is 0 Å². The van der Waals surface area contributed by atoms with Gasteiger partial charge in [0, 0.05) is 5.56 Å². The highest BCUT2D eigenvalue weighted by molar-refractivity contribution is 8.26. The number of carbonyl (C=O) groups excluding carboxylic acids is 2. The van der Waals surface area contributed by atoms with E-state index in [1.807, 2.05) is 6.92 Å². The molecule has 0 unspecified atom stereocenters. The van der Waals surface area contributed by atoms with Gasteiger partial charge in [-0.15, -0.1) is 0 Å². The van der Waals surface area contributed by atoms with Crippen LogP contribution in [0, 0.1) is 0 Å². The summed E-state index contributed by atoms with van der Waals surface area (Å²) in [5.41, 5.74) is 0.664. The van der Waals surface area contributed by atoms with Crippen molar-refractivity contribution in [2.24, 2.45) is 0 Å². The fraction of sp³-hybridized carbons (Fsp3) is 0.312. The van der Waals surface area contributed by atoms with Crippen molar-refractivity contribution in [1.29, 1.82) is 0 Å². The van der Waals surface area contributed by atoms with E-state index < -0.39 is 18.4 Å². The number of ether oxygens (including phenoxy) is 2. The Hall–Kier alpha value is -2.06. The molecule has 8 heteroatoms. The molecule has 0 aliphatic carbocycles. The fourth-order valence-corrected chi connectivity index (χ4v) is 3.32. The van der Waals surface area contributed by atoms with Gasteiger partial charge in [-0.1, -0.05) is 43.0 Å². The molecule has 0 aromatic heterocycles. The molecular formula is C16H16NO5S2-. The lowest BCUT2D eigenvalue weighted by atomic mass is 10.1. The van der Waals surface area contributed by atoms with Gasteiger partial charge in [0.25, 0.3) is 5.91 Å². The highest BCUT2D eigenvalue weighted by Gasteiger charge is 2.32. The zero-order valence-corrected chi connectivity index (χ0v) is 14.9. The van der Waals surface area contributed by atoms with Crippen molar-refractivity contribution in [3.8, 4) is 11.5 Å². The van der Waals surface area contributed by atoms with E-state index in [-0.39, 0.29) is 4.32 Å². The number of nitrogens with zero attached hydrogens (tertiary/aromatic N) is 1. The van der Waals surface area contributed by atoms with Crippen molar-refractivity contribution < 1.29 is 24.2 Å². The summed E-state index contributed by atoms with van der Waals surface area (Å²) in [5, 5.41) is 10.7. The van der Waals surface area contributed by atoms with Gasteiger partial charge in [0.2, 0.25) is 0 Å². The number of hydrogen-bond acceptors (Lipinski definition) is 7. The molecule has 1 aliphatic rings. The topological polar surface area (TPSA) is 78.9 Å². The van der Waals surface area contributed by atoms with Crippen LogP contribution < -0.4 is 14.6 Å². The SMILES string of the molecule is CCCOc1c(/C=C2\SC(=S)N(CC(=O)[O-])C2=O)cccc1OC. The number of para-hydroxylation sites is 1. The van der Waals surface area contributed by atoms with E-state index in [2.05, 4.69) is 0 Å². The maximum Gasteiger partial charge on any atom is 0.266 e. The molecule has 2 rings (SSSR count). The smallest absolute Gasteiger partial charge is 0.266 e. The van der Waals surface area contributed by atoms with Gasteiger partial charge in [0.1, 0.15) is 4.32 Å². The van der Waals surface area contributed by atoms with Crippen LogP contribution in [0.25, 0.3) is 6.08 Å². The van der Waals surface area contributed by atoms with E-state index in [0.29, 0.717) is 28.6 Å². The Balaban J connectivity index is 2.35. The zero-order chi connectivity index (χ0) is 17.7. The summed E-state index contributed by atoms with van der Waals surface area (Å²) >= 11 is 6.11. The summed E-state index contributed by atoms with van der Waals surface area (Å²) in [6, 6.07) is 5.34. The second-order valence-corrected chi connectivity index (χ2v) is 6.54. The molecule has 0 bridgehead atoms. The maximum atomic E-state index is 12.3. The van der Waals surface area contributed by atoms with Gasteiger partial charge in [-0.25, -0.2) is 0 Å². The van der Waals surface area contributed by atoms with E-state index in [0.717, 1.165) is 23.1 Å². The number of methoxy groups -OCH3 is 1. The predicted molar refractivity (Wildman–Crippen MR) is 93.7 cm³/mol. The van der Waals surface area contributed by atoms with Crippen LogP contribution in [0.5, 0.6) is 11.5 Å². The standard InChI is InChI=1S/C16H17NO5S2/c1-3-7-22-14-10(5-4-6-11(14)21-2)8-12-15(20)17(9-13(18)19)16(23)24-12/h4-6,8H,3,7,9H2,1-2H3,(H,18,19)/p-1/b12-8-. The third kappa shape index (κ3) is 4.07. The molecule has 0 saturated carbocycles. The number of aliphatic carboxylic acids is 1. The van der Waals surface area contributed by atoms with Crippen LogP contribution in [0.1, 0.15) is 18.9 Å². The summed E-state index contributed by atoms with van der Waals surface area (Å²) in [6.07, 6.45) is 2.45. The number of carboxylic acids is 1. The molecule has 24 heavy (non-hydrogen) atoms. The summed E-state index contributed by atoms with van der Waals surface area (Å²) in [7, 11) is 1.54. The number of carboxylic acid groups (broad SMARTS) is 1. The second kappa shape index (κ2) is 8.16. The third-order valence-corrected chi connectivity index (χ3v) is 4.50. The van der Waals surface area contributed by atoms with Crippen molar-refractivity contribution in [2.75, 3.05) is 20.3 Å². The van der Waals surface area contributed by atoms with Gasteiger partial charge in [0.15, 0.2) is 11.5 Å². The van der Waals surface area contributed by atoms with Crippen LogP contribution in [-0.4, -0.2) is 41.4 Å². The molecule has 1 amide bonds. The minimum atomic E-state index is -1.36. The molecule has 1 saturated heterocycles. The summed E-state index contributed by atoms with van der Waals surface area (Å²) in [6.45, 7) is 1.94. The predicted octanol–water partition coefficient (Wildman–Crippen LogP) is 1.44. The highest BCUT2D eigenvalue weighted by Crippen LogP contribution is 2.37. The molecule has 0 atom stereocenters. The number of carbonyl (C=O) groups is 2. The largest absolute Gasteiger partial charge is 0.548 e. The van der Waals surface area contributed by atoms with Crippen LogP contribution in [0.2, 0.25) is 0 Å². The van der Waals surface area contributed by atoms with Gasteiger partial charge in [-0.05, 0) is 18.6 Å². The van der Waals surface area contributed by atoms with E-state index in [1.54, 1.807) is 24.3 Å². The Morgan fingerprint density at radius 1 is 1.46 bits per heavy atom. The van der Waals surface area contributed by atoms with Gasteiger partial charge >= 0.3 is 0 Å². The van der Waals surface area contributed by atoms with E-state index in [9.17, 15) is 14.7 Å². The van der Waals surface area contributed by atoms with Crippen molar-refractivity contribution in [3.63, 3.8) is 0 Å². The lowest BCUT2D eigenvalue weighted by molar-refractivity contribution is -0.305. The number of rotatable bonds is 7. The molecule has 0 N–H and O–H groups in total. The van der Waals surface area contributed by atoms with E-state index in [4.69, 9.17) is 21.7 Å². The van der Waals surface area contributed by atoms with Gasteiger partial charge < -0.3 is 19.4 Å². The van der Waals surface area contributed by atoms with Crippen molar-refractivity contribution in [1.82, 2.24) is 4.90 Å². The normalized spacial score (nSPS) is 15.9. The molecule has 1 aromatic rings. The lowest BCUT2D eigenvalue weighted by Gasteiger charge is -2.14. The van der Waals surface area contributed by atoms with Gasteiger partial charge in [0.05, 0.1) is 31.1 Å². The first-order valence-electron chi connectivity index (χ1n) is 7.23. The molecule has 0 radical (unpaired) electrons. The summed E-state index contributed by atoms with van der Waals surface area (Å²) in [4.78, 5) is 24.4. The van der Waals surface area contributed by atoms with Crippen LogP contribution in [0.3, 0.4) is 0 Å². The number of thioether (sulfide) groups is 1. The summed E-state index contributed by atoms with van der Waals surface area (Å²) < 4.78 is 11.2. The van der Waals surface area contributed by atoms with Crippen LogP contribution >= 0.6 is 24.0 Å². The van der Waals surface area contributed by atoms with Crippen molar-refractivity contribution in [2.45, 2.75) is 13.3 Å². The highest BCUT2D eigenvalue weighted by atomic mass is 32.2. The van der Waals surface area contributed by atoms with Gasteiger partial charge in [-0.2, -0.15) is 0 Å². The monoisotopic (exact) mass is 366 g/mol. The number of benzene rings is 1. The average molecular weight is 366 g/mol. The Labute approximate surface area is 149 Å². The van der Waals surface area contributed by atoms with E-state index >= 15 is 0 Å². The first-order chi connectivity index (χ1) is 11.5. The molecule has 6 nitrogen and oxygen atoms in total. The Bertz CT molecular complexity index is 702. The Kier molecular flexibility index (Phi) is 6.22. The molecule has 1 aromatic carbocycles. The lowest BCUT2D eigenvalue weighted by Crippen LogP contribution is -2.40. The molecule has 1 fully saturated rings. The first kappa shape index (κ1) is 18.3. The first-order valence-corrected chi connectivity index (χ1v) is 8.45. The van der Waals surface area contributed by atoms with Crippen molar-refractivity contribution >= 4 is 46.3 Å². The van der Waals surface area contributed by atoms with Crippen LogP contribution in [0.15, 0.2) is 23.1 Å². The number of thiocarbonyl (C=S) groups is 1. The zero-order valence-electron chi connectivity index (χ0n) is 13.2. The second-order valence-electron chi connectivity index (χ2n) is 4.87. The Morgan fingerprint density at radius 3 is 2.83 bits per heavy atom. The average Bonchev–Trinajstić information content (AvgIpc) is 2.80. The third-order valence-electron chi connectivity index (χ3n) is 3.13. The quantitative estimate of drug-likeness (QED) is 0.534. The number of hydrogen-bond donors (Lipinski definition) is 0. The molecule has 128 valence electrons. The Morgan fingerprint density at radius 2 is 2.21 bits per heavy atom. The molecule has 1 aliphatic heterocycles. The van der Waals surface area contributed by atoms with Crippen LogP contribution in [-0.2, 0) is 9.59 Å². The molecule has 0 spiro atoms. The summed E-state index contributed by atoms with van der Waals surface area (Å²) in [5.74, 6) is -0.728. The number of amides is 1. The maximum absolute atomic E-state index is 12.3. The molecular weight excluding hydrogens is 350 g/mol. The minimum absolute atomic E-state index is 0.189. The van der Waals surface area contributed by atoms with E-state index in [1.165, 1.54) is 7.11 Å². The van der Waals surface area contributed by atoms with Gasteiger partial charge in [-0.3, -0.25) is 9.69 Å². The van der Waals surface area contributed by atoms with Crippen molar-refractivity contribution in [3.05, 3.63) is 28.7 Å². The minimum Gasteiger partial charge on any atom is -0.548 e. The fourth-order valence-electron chi connectivity index (χ4n) is 2.07.